The number of hydrogen-bond donors (Lipinski definition) is 1. The maximum atomic E-state index is 9.34. The van der Waals surface area contributed by atoms with Gasteiger partial charge in [-0.15, -0.1) is 0 Å². The van der Waals surface area contributed by atoms with Gasteiger partial charge in [0.25, 0.3) is 0 Å². The highest BCUT2D eigenvalue weighted by Gasteiger charge is 2.13. The van der Waals surface area contributed by atoms with E-state index in [1.54, 1.807) is 0 Å². The van der Waals surface area contributed by atoms with E-state index in [1.165, 1.54) is 5.56 Å². The lowest BCUT2D eigenvalue weighted by molar-refractivity contribution is 0.172. The minimum atomic E-state index is 0.0941. The Morgan fingerprint density at radius 2 is 1.92 bits per heavy atom. The van der Waals surface area contributed by atoms with Gasteiger partial charge in [0.2, 0.25) is 5.89 Å². The zero-order valence-electron chi connectivity index (χ0n) is 14.7. The van der Waals surface area contributed by atoms with E-state index in [0.717, 1.165) is 23.6 Å². The van der Waals surface area contributed by atoms with Crippen molar-refractivity contribution in [2.24, 2.45) is 0 Å². The van der Waals surface area contributed by atoms with Crippen LogP contribution in [0.15, 0.2) is 47.1 Å². The van der Waals surface area contributed by atoms with Crippen molar-refractivity contribution in [1.82, 2.24) is 19.7 Å². The van der Waals surface area contributed by atoms with Crippen LogP contribution in [-0.4, -0.2) is 37.9 Å². The average Bonchev–Trinajstić information content (AvgIpc) is 3.15. The summed E-state index contributed by atoms with van der Waals surface area (Å²) in [6, 6.07) is 10.3. The summed E-state index contributed by atoms with van der Waals surface area (Å²) in [6.45, 7) is 6.51. The first-order valence-electron chi connectivity index (χ1n) is 8.45. The molecule has 3 rings (SSSR count). The molecule has 0 radical (unpaired) electrons. The number of aliphatic hydroxyl groups excluding tert-OH is 1. The molecule has 0 spiro atoms. The van der Waals surface area contributed by atoms with Crippen molar-refractivity contribution in [2.45, 2.75) is 33.5 Å². The van der Waals surface area contributed by atoms with Gasteiger partial charge in [-0.25, -0.2) is 4.98 Å². The first-order chi connectivity index (χ1) is 12.1. The number of aryl methyl sites for hydroxylation is 2. The van der Waals surface area contributed by atoms with Crippen LogP contribution in [0.5, 0.6) is 0 Å². The molecule has 0 atom stereocenters. The van der Waals surface area contributed by atoms with E-state index in [1.807, 2.05) is 49.1 Å². The minimum Gasteiger partial charge on any atom is -0.444 e. The Labute approximate surface area is 147 Å². The first-order valence-corrected chi connectivity index (χ1v) is 8.45. The molecular formula is C19H24N4O2. The number of benzene rings is 1. The highest BCUT2D eigenvalue weighted by atomic mass is 16.4. The van der Waals surface area contributed by atoms with Gasteiger partial charge in [-0.3, -0.25) is 9.58 Å². The number of hydrogen-bond acceptors (Lipinski definition) is 5. The molecule has 1 N–H and O–H groups in total. The molecule has 3 aromatic rings. The number of aromatic nitrogens is 3. The Morgan fingerprint density at radius 3 is 2.60 bits per heavy atom. The number of aliphatic hydroxyl groups is 1. The van der Waals surface area contributed by atoms with E-state index < -0.39 is 0 Å². The van der Waals surface area contributed by atoms with E-state index in [0.29, 0.717) is 25.5 Å². The van der Waals surface area contributed by atoms with Crippen LogP contribution < -0.4 is 0 Å². The Morgan fingerprint density at radius 1 is 1.12 bits per heavy atom. The Balaban J connectivity index is 1.64. The van der Waals surface area contributed by atoms with Crippen LogP contribution in [0.1, 0.15) is 28.5 Å². The SMILES string of the molecule is Cc1nc(CN(CCO)Cc2cnn(Cc3ccccc3)c2)oc1C. The van der Waals surface area contributed by atoms with Crippen molar-refractivity contribution in [2.75, 3.05) is 13.2 Å². The Bertz CT molecular complexity index is 775. The molecule has 0 aliphatic heterocycles. The lowest BCUT2D eigenvalue weighted by Gasteiger charge is -2.18. The second-order valence-corrected chi connectivity index (χ2v) is 6.22. The molecule has 0 bridgehead atoms. The van der Waals surface area contributed by atoms with Gasteiger partial charge in [0.1, 0.15) is 5.76 Å². The smallest absolute Gasteiger partial charge is 0.208 e. The fourth-order valence-corrected chi connectivity index (χ4v) is 2.76. The normalized spacial score (nSPS) is 11.4. The molecule has 2 heterocycles. The van der Waals surface area contributed by atoms with Crippen molar-refractivity contribution in [3.8, 4) is 0 Å². The van der Waals surface area contributed by atoms with Crippen LogP contribution in [0.2, 0.25) is 0 Å². The van der Waals surface area contributed by atoms with E-state index in [-0.39, 0.29) is 6.61 Å². The average molecular weight is 340 g/mol. The van der Waals surface area contributed by atoms with Gasteiger partial charge < -0.3 is 9.52 Å². The molecule has 0 fully saturated rings. The predicted molar refractivity (Wildman–Crippen MR) is 94.9 cm³/mol. The van der Waals surface area contributed by atoms with Gasteiger partial charge in [-0.1, -0.05) is 30.3 Å². The second kappa shape index (κ2) is 8.09. The van der Waals surface area contributed by atoms with Crippen LogP contribution >= 0.6 is 0 Å². The molecule has 0 aliphatic carbocycles. The highest BCUT2D eigenvalue weighted by Crippen LogP contribution is 2.13. The maximum absolute atomic E-state index is 9.34. The fraction of sp³-hybridized carbons (Fsp3) is 0.368. The van der Waals surface area contributed by atoms with Crippen LogP contribution in [0, 0.1) is 13.8 Å². The summed E-state index contributed by atoms with van der Waals surface area (Å²) in [5, 5.41) is 13.8. The molecule has 0 amide bonds. The summed E-state index contributed by atoms with van der Waals surface area (Å²) in [5.74, 6) is 1.52. The molecule has 0 saturated carbocycles. The zero-order valence-corrected chi connectivity index (χ0v) is 14.7. The van der Waals surface area contributed by atoms with E-state index >= 15 is 0 Å². The van der Waals surface area contributed by atoms with Crippen molar-refractivity contribution >= 4 is 0 Å². The van der Waals surface area contributed by atoms with E-state index in [9.17, 15) is 5.11 Å². The van der Waals surface area contributed by atoms with Crippen molar-refractivity contribution in [1.29, 1.82) is 0 Å². The van der Waals surface area contributed by atoms with Gasteiger partial charge in [0, 0.05) is 24.8 Å². The third-order valence-corrected chi connectivity index (χ3v) is 4.13. The Kier molecular flexibility index (Phi) is 5.63. The molecule has 0 saturated heterocycles. The van der Waals surface area contributed by atoms with E-state index in [4.69, 9.17) is 4.42 Å². The summed E-state index contributed by atoms with van der Waals surface area (Å²) in [4.78, 5) is 6.53. The summed E-state index contributed by atoms with van der Waals surface area (Å²) in [5.41, 5.74) is 3.23. The number of nitrogens with zero attached hydrogens (tertiary/aromatic N) is 4. The van der Waals surface area contributed by atoms with Gasteiger partial charge in [-0.2, -0.15) is 5.10 Å². The standard InChI is InChI=1S/C19H24N4O2/c1-15-16(2)25-19(21-15)14-22(8-9-24)11-18-10-20-23(13-18)12-17-6-4-3-5-7-17/h3-7,10,13,24H,8-9,11-12,14H2,1-2H3. The third kappa shape index (κ3) is 4.78. The number of rotatable bonds is 8. The Hall–Kier alpha value is -2.44. The number of oxazole rings is 1. The van der Waals surface area contributed by atoms with Crippen LogP contribution in [-0.2, 0) is 19.6 Å². The summed E-state index contributed by atoms with van der Waals surface area (Å²) in [7, 11) is 0. The summed E-state index contributed by atoms with van der Waals surface area (Å²) in [6.07, 6.45) is 3.92. The lowest BCUT2D eigenvalue weighted by atomic mass is 10.2. The monoisotopic (exact) mass is 340 g/mol. The van der Waals surface area contributed by atoms with Crippen molar-refractivity contribution < 1.29 is 9.52 Å². The van der Waals surface area contributed by atoms with Crippen LogP contribution in [0.4, 0.5) is 0 Å². The third-order valence-electron chi connectivity index (χ3n) is 4.13. The zero-order chi connectivity index (χ0) is 17.6. The summed E-state index contributed by atoms with van der Waals surface area (Å²) < 4.78 is 7.59. The fourth-order valence-electron chi connectivity index (χ4n) is 2.76. The molecule has 25 heavy (non-hydrogen) atoms. The van der Waals surface area contributed by atoms with Gasteiger partial charge in [-0.05, 0) is 19.4 Å². The van der Waals surface area contributed by atoms with Gasteiger partial charge in [0.05, 0.1) is 31.6 Å². The topological polar surface area (TPSA) is 67.3 Å². The van der Waals surface area contributed by atoms with Crippen LogP contribution in [0.3, 0.4) is 0 Å². The molecule has 6 nitrogen and oxygen atoms in total. The van der Waals surface area contributed by atoms with Gasteiger partial charge in [0.15, 0.2) is 0 Å². The summed E-state index contributed by atoms with van der Waals surface area (Å²) >= 11 is 0. The minimum absolute atomic E-state index is 0.0941. The maximum Gasteiger partial charge on any atom is 0.208 e. The predicted octanol–water partition coefficient (Wildman–Crippen LogP) is 2.53. The van der Waals surface area contributed by atoms with E-state index in [2.05, 4.69) is 27.1 Å². The van der Waals surface area contributed by atoms with Gasteiger partial charge >= 0.3 is 0 Å². The molecule has 1 aromatic carbocycles. The molecule has 132 valence electrons. The molecule has 0 aliphatic rings. The molecule has 6 heteroatoms. The largest absolute Gasteiger partial charge is 0.444 e. The highest BCUT2D eigenvalue weighted by molar-refractivity contribution is 5.15. The molecular weight excluding hydrogens is 316 g/mol. The lowest BCUT2D eigenvalue weighted by Crippen LogP contribution is -2.26. The van der Waals surface area contributed by atoms with Crippen molar-refractivity contribution in [3.63, 3.8) is 0 Å². The molecule has 2 aromatic heterocycles. The van der Waals surface area contributed by atoms with Crippen molar-refractivity contribution in [3.05, 3.63) is 71.2 Å². The first kappa shape index (κ1) is 17.4. The van der Waals surface area contributed by atoms with Crippen LogP contribution in [0.25, 0.3) is 0 Å². The molecule has 0 unspecified atom stereocenters. The second-order valence-electron chi connectivity index (χ2n) is 6.22. The quantitative estimate of drug-likeness (QED) is 0.682.